The van der Waals surface area contributed by atoms with Crippen molar-refractivity contribution in [3.8, 4) is 0 Å². The van der Waals surface area contributed by atoms with Gasteiger partial charge in [-0.05, 0) is 33.2 Å². The smallest absolute Gasteiger partial charge is 0.234 e. The second kappa shape index (κ2) is 7.07. The van der Waals surface area contributed by atoms with E-state index in [1.165, 1.54) is 0 Å². The standard InChI is InChI=1S/C13H27N3O2/c1-4-13(2,10-14)16(3)9-12(17)15-11-5-7-18-8-6-11/h11H,4-10,14H2,1-3H3,(H,15,17). The molecule has 106 valence electrons. The van der Waals surface area contributed by atoms with E-state index >= 15 is 0 Å². The molecule has 0 aliphatic carbocycles. The van der Waals surface area contributed by atoms with Crippen LogP contribution in [0.3, 0.4) is 0 Å². The van der Waals surface area contributed by atoms with Gasteiger partial charge in [0.05, 0.1) is 6.54 Å². The molecule has 1 aliphatic heterocycles. The highest BCUT2D eigenvalue weighted by molar-refractivity contribution is 5.78. The van der Waals surface area contributed by atoms with Gasteiger partial charge in [0.1, 0.15) is 0 Å². The molecule has 0 aromatic carbocycles. The summed E-state index contributed by atoms with van der Waals surface area (Å²) in [5.41, 5.74) is 5.68. The van der Waals surface area contributed by atoms with Gasteiger partial charge < -0.3 is 15.8 Å². The molecule has 18 heavy (non-hydrogen) atoms. The van der Waals surface area contributed by atoms with E-state index in [0.717, 1.165) is 32.5 Å². The summed E-state index contributed by atoms with van der Waals surface area (Å²) in [5, 5.41) is 3.07. The highest BCUT2D eigenvalue weighted by atomic mass is 16.5. The summed E-state index contributed by atoms with van der Waals surface area (Å²) in [7, 11) is 1.96. The van der Waals surface area contributed by atoms with Crippen molar-refractivity contribution in [1.82, 2.24) is 10.2 Å². The summed E-state index contributed by atoms with van der Waals surface area (Å²) < 4.78 is 5.27. The lowest BCUT2D eigenvalue weighted by Crippen LogP contribution is -2.53. The summed E-state index contributed by atoms with van der Waals surface area (Å²) in [6, 6.07) is 0.269. The van der Waals surface area contributed by atoms with Crippen LogP contribution in [0, 0.1) is 0 Å². The predicted molar refractivity (Wildman–Crippen MR) is 72.4 cm³/mol. The fraction of sp³-hybridized carbons (Fsp3) is 0.923. The zero-order valence-corrected chi connectivity index (χ0v) is 11.9. The summed E-state index contributed by atoms with van der Waals surface area (Å²) in [4.78, 5) is 14.0. The lowest BCUT2D eigenvalue weighted by atomic mass is 9.97. The number of nitrogens with zero attached hydrogens (tertiary/aromatic N) is 1. The number of hydrogen-bond donors (Lipinski definition) is 2. The van der Waals surface area contributed by atoms with Crippen molar-refractivity contribution in [2.75, 3.05) is 33.4 Å². The van der Waals surface area contributed by atoms with Crippen molar-refractivity contribution >= 4 is 5.91 Å². The van der Waals surface area contributed by atoms with Gasteiger partial charge >= 0.3 is 0 Å². The van der Waals surface area contributed by atoms with Crippen LogP contribution in [-0.2, 0) is 9.53 Å². The zero-order chi connectivity index (χ0) is 13.6. The third kappa shape index (κ3) is 4.23. The molecular weight excluding hydrogens is 230 g/mol. The molecular formula is C13H27N3O2. The minimum atomic E-state index is -0.104. The van der Waals surface area contributed by atoms with E-state index in [4.69, 9.17) is 10.5 Å². The number of carbonyl (C=O) groups is 1. The molecule has 1 amide bonds. The number of hydrogen-bond acceptors (Lipinski definition) is 4. The molecule has 1 atom stereocenters. The van der Waals surface area contributed by atoms with E-state index < -0.39 is 0 Å². The van der Waals surface area contributed by atoms with Crippen molar-refractivity contribution in [3.05, 3.63) is 0 Å². The predicted octanol–water partition coefficient (Wildman–Crippen LogP) is 0.341. The van der Waals surface area contributed by atoms with Crippen LogP contribution in [-0.4, -0.2) is 55.7 Å². The number of nitrogens with one attached hydrogen (secondary N) is 1. The highest BCUT2D eigenvalue weighted by Crippen LogP contribution is 2.15. The van der Waals surface area contributed by atoms with Crippen molar-refractivity contribution in [2.45, 2.75) is 44.7 Å². The first-order valence-corrected chi connectivity index (χ1v) is 6.80. The molecule has 5 heteroatoms. The van der Waals surface area contributed by atoms with E-state index in [0.29, 0.717) is 13.1 Å². The quantitative estimate of drug-likeness (QED) is 0.720. The molecule has 0 saturated carbocycles. The Labute approximate surface area is 110 Å². The van der Waals surface area contributed by atoms with Gasteiger partial charge in [-0.15, -0.1) is 0 Å². The van der Waals surface area contributed by atoms with Crippen LogP contribution in [0.5, 0.6) is 0 Å². The van der Waals surface area contributed by atoms with Gasteiger partial charge in [-0.1, -0.05) is 6.92 Å². The Morgan fingerprint density at radius 3 is 2.61 bits per heavy atom. The van der Waals surface area contributed by atoms with Crippen molar-refractivity contribution in [2.24, 2.45) is 5.73 Å². The molecule has 1 heterocycles. The summed E-state index contributed by atoms with van der Waals surface area (Å²) >= 11 is 0. The maximum absolute atomic E-state index is 12.0. The first-order chi connectivity index (χ1) is 8.51. The van der Waals surface area contributed by atoms with Crippen LogP contribution >= 0.6 is 0 Å². The average Bonchev–Trinajstić information content (AvgIpc) is 2.38. The fourth-order valence-corrected chi connectivity index (χ4v) is 2.09. The Balaban J connectivity index is 2.38. The largest absolute Gasteiger partial charge is 0.381 e. The molecule has 0 bridgehead atoms. The SMILES string of the molecule is CCC(C)(CN)N(C)CC(=O)NC1CCOCC1. The molecule has 0 radical (unpaired) electrons. The fourth-order valence-electron chi connectivity index (χ4n) is 2.09. The van der Waals surface area contributed by atoms with Gasteiger partial charge in [-0.3, -0.25) is 9.69 Å². The Kier molecular flexibility index (Phi) is 6.05. The highest BCUT2D eigenvalue weighted by Gasteiger charge is 2.27. The summed E-state index contributed by atoms with van der Waals surface area (Å²) in [6.45, 7) is 6.64. The number of ether oxygens (including phenoxy) is 1. The maximum atomic E-state index is 12.0. The van der Waals surface area contributed by atoms with Crippen LogP contribution in [0.1, 0.15) is 33.1 Å². The third-order valence-electron chi connectivity index (χ3n) is 4.09. The van der Waals surface area contributed by atoms with Crippen LogP contribution in [0.25, 0.3) is 0 Å². The number of rotatable bonds is 6. The van der Waals surface area contributed by atoms with Crippen molar-refractivity contribution < 1.29 is 9.53 Å². The van der Waals surface area contributed by atoms with Gasteiger partial charge in [-0.25, -0.2) is 0 Å². The van der Waals surface area contributed by atoms with Crippen molar-refractivity contribution in [1.29, 1.82) is 0 Å². The minimum Gasteiger partial charge on any atom is -0.381 e. The number of amides is 1. The molecule has 0 aromatic rings. The Bertz CT molecular complexity index is 261. The zero-order valence-electron chi connectivity index (χ0n) is 11.9. The second-order valence-electron chi connectivity index (χ2n) is 5.36. The first-order valence-electron chi connectivity index (χ1n) is 6.80. The lowest BCUT2D eigenvalue weighted by Gasteiger charge is -2.37. The molecule has 0 aromatic heterocycles. The Hall–Kier alpha value is -0.650. The van der Waals surface area contributed by atoms with Gasteiger partial charge in [0.25, 0.3) is 0 Å². The molecule has 1 saturated heterocycles. The lowest BCUT2D eigenvalue weighted by molar-refractivity contribution is -0.124. The molecule has 3 N–H and O–H groups in total. The normalized spacial score (nSPS) is 20.7. The second-order valence-corrected chi connectivity index (χ2v) is 5.36. The molecule has 1 rings (SSSR count). The van der Waals surface area contributed by atoms with E-state index in [1.54, 1.807) is 0 Å². The van der Waals surface area contributed by atoms with E-state index in [1.807, 2.05) is 11.9 Å². The third-order valence-corrected chi connectivity index (χ3v) is 4.09. The minimum absolute atomic E-state index is 0.0810. The molecule has 5 nitrogen and oxygen atoms in total. The summed E-state index contributed by atoms with van der Waals surface area (Å²) in [6.07, 6.45) is 2.76. The van der Waals surface area contributed by atoms with Gasteiger partial charge in [0, 0.05) is 31.3 Å². The first kappa shape index (κ1) is 15.4. The van der Waals surface area contributed by atoms with Crippen LogP contribution < -0.4 is 11.1 Å². The summed E-state index contributed by atoms with van der Waals surface area (Å²) in [5.74, 6) is 0.0810. The molecule has 1 unspecified atom stereocenters. The van der Waals surface area contributed by atoms with Crippen molar-refractivity contribution in [3.63, 3.8) is 0 Å². The number of carbonyl (C=O) groups excluding carboxylic acids is 1. The van der Waals surface area contributed by atoms with Crippen LogP contribution in [0.4, 0.5) is 0 Å². The molecule has 0 spiro atoms. The van der Waals surface area contributed by atoms with Gasteiger partial charge in [0.15, 0.2) is 0 Å². The average molecular weight is 257 g/mol. The van der Waals surface area contributed by atoms with Gasteiger partial charge in [-0.2, -0.15) is 0 Å². The number of nitrogens with two attached hydrogens (primary N) is 1. The van der Waals surface area contributed by atoms with E-state index in [9.17, 15) is 4.79 Å². The Morgan fingerprint density at radius 2 is 2.11 bits per heavy atom. The van der Waals surface area contributed by atoms with E-state index in [-0.39, 0.29) is 17.5 Å². The number of likely N-dealkylation sites (N-methyl/N-ethyl adjacent to an activating group) is 1. The topological polar surface area (TPSA) is 67.6 Å². The molecule has 1 fully saturated rings. The van der Waals surface area contributed by atoms with Crippen LogP contribution in [0.2, 0.25) is 0 Å². The molecule has 1 aliphatic rings. The van der Waals surface area contributed by atoms with Crippen LogP contribution in [0.15, 0.2) is 0 Å². The monoisotopic (exact) mass is 257 g/mol. The Morgan fingerprint density at radius 1 is 1.50 bits per heavy atom. The maximum Gasteiger partial charge on any atom is 0.234 e. The van der Waals surface area contributed by atoms with Gasteiger partial charge in [0.2, 0.25) is 5.91 Å². The van der Waals surface area contributed by atoms with E-state index in [2.05, 4.69) is 19.2 Å².